The Bertz CT molecular complexity index is 574. The molecule has 0 radical (unpaired) electrons. The van der Waals surface area contributed by atoms with Gasteiger partial charge in [-0.15, -0.1) is 0 Å². The van der Waals surface area contributed by atoms with Gasteiger partial charge in [-0.25, -0.2) is 9.78 Å². The molecule has 0 rings (SSSR count). The molecule has 0 spiro atoms. The summed E-state index contributed by atoms with van der Waals surface area (Å²) in [7, 11) is -1.13. The Kier molecular flexibility index (Phi) is 35.5. The largest absolute Gasteiger partial charge is 0.395 e. The SMILES string of the molecule is COCCOCCOCCOCCO[Si](C)(C)OCCOCCOCCCCCO[Si](C)(C)OCCOCOOCCOCCOC. The smallest absolute Gasteiger partial charge is 0.331 e. The van der Waals surface area contributed by atoms with Gasteiger partial charge >= 0.3 is 17.1 Å². The first-order chi connectivity index (χ1) is 22.8. The summed E-state index contributed by atoms with van der Waals surface area (Å²) in [6, 6.07) is 0. The normalized spacial score (nSPS) is 12.4. The van der Waals surface area contributed by atoms with Crippen LogP contribution in [-0.2, 0) is 70.1 Å². The third kappa shape index (κ3) is 38.5. The fraction of sp³-hybridized carbons (Fsp3) is 1.00. The highest BCUT2D eigenvalue weighted by atomic mass is 28.4. The van der Waals surface area contributed by atoms with Crippen LogP contribution in [-0.4, -0.2) is 170 Å². The van der Waals surface area contributed by atoms with Gasteiger partial charge in [0.2, 0.25) is 0 Å². The number of hydrogen-bond donors (Lipinski definition) is 0. The summed E-state index contributed by atoms with van der Waals surface area (Å²) in [4.78, 5) is 9.87. The van der Waals surface area contributed by atoms with E-state index in [4.69, 9.17) is 70.1 Å². The van der Waals surface area contributed by atoms with E-state index in [1.54, 1.807) is 14.2 Å². The predicted molar refractivity (Wildman–Crippen MR) is 179 cm³/mol. The van der Waals surface area contributed by atoms with E-state index in [2.05, 4.69) is 0 Å². The first-order valence-corrected chi connectivity index (χ1v) is 22.3. The molecule has 0 aliphatic heterocycles. The summed E-state index contributed by atoms with van der Waals surface area (Å²) < 4.78 is 71.6. The number of ether oxygens (including phenoxy) is 9. The molecule has 0 fully saturated rings. The third-order valence-corrected chi connectivity index (χ3v) is 9.52. The van der Waals surface area contributed by atoms with Crippen LogP contribution in [0.4, 0.5) is 0 Å². The van der Waals surface area contributed by atoms with Gasteiger partial charge in [0.1, 0.15) is 6.61 Å². The van der Waals surface area contributed by atoms with Crippen LogP contribution in [0.3, 0.4) is 0 Å². The van der Waals surface area contributed by atoms with Gasteiger partial charge in [-0.2, -0.15) is 0 Å². The highest BCUT2D eigenvalue weighted by molar-refractivity contribution is 6.64. The highest BCUT2D eigenvalue weighted by Crippen LogP contribution is 2.09. The Morgan fingerprint density at radius 3 is 1.11 bits per heavy atom. The standard InChI is InChI=1S/C30H66O15Si2/c1-31-12-14-34-18-19-36-20-21-38-24-28-44-47(5,6)43-27-23-37-17-16-33-10-8-7-9-11-42-46(3,4)45-29-25-39-30-41-40-26-22-35-15-13-32-2/h7-30H2,1-6H3. The van der Waals surface area contributed by atoms with Crippen molar-refractivity contribution in [2.24, 2.45) is 0 Å². The monoisotopic (exact) mass is 722 g/mol. The van der Waals surface area contributed by atoms with E-state index in [-0.39, 0.29) is 6.79 Å². The Labute approximate surface area is 285 Å². The zero-order valence-corrected chi connectivity index (χ0v) is 32.1. The first-order valence-electron chi connectivity index (χ1n) is 16.7. The fourth-order valence-electron chi connectivity index (χ4n) is 3.45. The summed E-state index contributed by atoms with van der Waals surface area (Å²) in [6.07, 6.45) is 2.96. The molecule has 0 aliphatic rings. The predicted octanol–water partition coefficient (Wildman–Crippen LogP) is 2.94. The van der Waals surface area contributed by atoms with Crippen molar-refractivity contribution in [1.29, 1.82) is 0 Å². The summed E-state index contributed by atoms with van der Waals surface area (Å²) >= 11 is 0. The molecule has 47 heavy (non-hydrogen) atoms. The van der Waals surface area contributed by atoms with Crippen LogP contribution in [0, 0.1) is 0 Å². The van der Waals surface area contributed by atoms with E-state index < -0.39 is 17.1 Å². The second kappa shape index (κ2) is 35.7. The lowest BCUT2D eigenvalue weighted by Crippen LogP contribution is -2.37. The maximum Gasteiger partial charge on any atom is 0.331 e. The lowest BCUT2D eigenvalue weighted by atomic mass is 10.2. The fourth-order valence-corrected chi connectivity index (χ4v) is 5.98. The van der Waals surface area contributed by atoms with Crippen molar-refractivity contribution in [3.63, 3.8) is 0 Å². The molecule has 0 aromatic carbocycles. The quantitative estimate of drug-likeness (QED) is 0.0301. The Balaban J connectivity index is 3.40. The minimum atomic E-state index is -2.21. The van der Waals surface area contributed by atoms with Gasteiger partial charge in [0.15, 0.2) is 6.79 Å². The molecule has 0 heterocycles. The molecule has 0 aromatic rings. The maximum atomic E-state index is 5.98. The zero-order valence-electron chi connectivity index (χ0n) is 30.1. The van der Waals surface area contributed by atoms with Crippen molar-refractivity contribution < 1.29 is 70.1 Å². The van der Waals surface area contributed by atoms with Crippen molar-refractivity contribution in [2.75, 3.05) is 153 Å². The molecule has 284 valence electrons. The van der Waals surface area contributed by atoms with E-state index >= 15 is 0 Å². The zero-order chi connectivity index (χ0) is 34.6. The number of methoxy groups -OCH3 is 2. The molecule has 0 N–H and O–H groups in total. The first kappa shape index (κ1) is 46.8. The molecule has 0 unspecified atom stereocenters. The summed E-state index contributed by atoms with van der Waals surface area (Å²) in [5, 5.41) is 0. The van der Waals surface area contributed by atoms with Crippen molar-refractivity contribution in [3.05, 3.63) is 0 Å². The molecular formula is C30H66O15Si2. The van der Waals surface area contributed by atoms with E-state index in [1.165, 1.54) is 0 Å². The summed E-state index contributed by atoms with van der Waals surface area (Å²) in [6.45, 7) is 18.6. The highest BCUT2D eigenvalue weighted by Gasteiger charge is 2.24. The van der Waals surface area contributed by atoms with Crippen LogP contribution in [0.5, 0.6) is 0 Å². The van der Waals surface area contributed by atoms with Crippen molar-refractivity contribution in [3.8, 4) is 0 Å². The van der Waals surface area contributed by atoms with Gasteiger partial charge in [0.25, 0.3) is 0 Å². The van der Waals surface area contributed by atoms with Gasteiger partial charge in [0.05, 0.1) is 112 Å². The van der Waals surface area contributed by atoms with Crippen molar-refractivity contribution in [1.82, 2.24) is 0 Å². The average Bonchev–Trinajstić information content (AvgIpc) is 3.04. The number of unbranched alkanes of at least 4 members (excludes halogenated alkanes) is 2. The van der Waals surface area contributed by atoms with Gasteiger partial charge in [0, 0.05) is 27.4 Å². The minimum Gasteiger partial charge on any atom is -0.395 e. The van der Waals surface area contributed by atoms with Crippen LogP contribution >= 0.6 is 0 Å². The Morgan fingerprint density at radius 1 is 0.298 bits per heavy atom. The number of hydrogen-bond acceptors (Lipinski definition) is 15. The molecule has 0 aliphatic carbocycles. The van der Waals surface area contributed by atoms with Crippen LogP contribution in [0.15, 0.2) is 0 Å². The van der Waals surface area contributed by atoms with Crippen molar-refractivity contribution in [2.45, 2.75) is 45.5 Å². The summed E-state index contributed by atoms with van der Waals surface area (Å²) in [5.74, 6) is 0. The topological polar surface area (TPSA) is 138 Å². The average molecular weight is 723 g/mol. The summed E-state index contributed by atoms with van der Waals surface area (Å²) in [5.41, 5.74) is 0. The molecule has 0 atom stereocenters. The lowest BCUT2D eigenvalue weighted by molar-refractivity contribution is -0.339. The van der Waals surface area contributed by atoms with Crippen LogP contribution in [0.2, 0.25) is 26.2 Å². The molecule has 0 saturated carbocycles. The second-order valence-corrected chi connectivity index (χ2v) is 17.6. The molecule has 17 heteroatoms. The second-order valence-electron chi connectivity index (χ2n) is 10.9. The van der Waals surface area contributed by atoms with Gasteiger partial charge in [-0.1, -0.05) is 0 Å². The molecule has 15 nitrogen and oxygen atoms in total. The van der Waals surface area contributed by atoms with Gasteiger partial charge < -0.3 is 60.3 Å². The number of rotatable bonds is 40. The van der Waals surface area contributed by atoms with Crippen LogP contribution < -0.4 is 0 Å². The van der Waals surface area contributed by atoms with E-state index in [9.17, 15) is 0 Å². The van der Waals surface area contributed by atoms with E-state index in [0.29, 0.717) is 132 Å². The van der Waals surface area contributed by atoms with E-state index in [1.807, 2.05) is 26.2 Å². The molecule has 0 saturated heterocycles. The van der Waals surface area contributed by atoms with Gasteiger partial charge in [-0.3, -0.25) is 0 Å². The Morgan fingerprint density at radius 2 is 0.638 bits per heavy atom. The third-order valence-electron chi connectivity index (χ3n) is 5.92. The Hall–Kier alpha value is -0.166. The maximum absolute atomic E-state index is 5.98. The molecule has 0 bridgehead atoms. The van der Waals surface area contributed by atoms with Gasteiger partial charge in [-0.05, 0) is 45.5 Å². The minimum absolute atomic E-state index is 0.0330. The van der Waals surface area contributed by atoms with Crippen LogP contribution in [0.1, 0.15) is 19.3 Å². The molecule has 0 aromatic heterocycles. The molecular weight excluding hydrogens is 656 g/mol. The molecule has 0 amide bonds. The van der Waals surface area contributed by atoms with E-state index in [0.717, 1.165) is 19.3 Å². The van der Waals surface area contributed by atoms with Crippen molar-refractivity contribution >= 4 is 17.1 Å². The lowest BCUT2D eigenvalue weighted by Gasteiger charge is -2.22. The van der Waals surface area contributed by atoms with Crippen LogP contribution in [0.25, 0.3) is 0 Å².